The van der Waals surface area contributed by atoms with Crippen LogP contribution in [0.25, 0.3) is 0 Å². The zero-order chi connectivity index (χ0) is 11.6. The van der Waals surface area contributed by atoms with Gasteiger partial charge in [-0.25, -0.2) is 0 Å². The molecule has 0 aliphatic heterocycles. The maximum atomic E-state index is 3.71. The molecule has 0 radical (unpaired) electrons. The van der Waals surface area contributed by atoms with Crippen molar-refractivity contribution in [3.63, 3.8) is 0 Å². The fraction of sp³-hybridized carbons (Fsp3) is 0.357. The van der Waals surface area contributed by atoms with E-state index in [0.717, 1.165) is 19.5 Å². The average molecular weight is 214 g/mol. The second-order valence-corrected chi connectivity index (χ2v) is 3.42. The summed E-state index contributed by atoms with van der Waals surface area (Å²) in [6, 6.07) is 0. The van der Waals surface area contributed by atoms with E-state index in [4.69, 9.17) is 0 Å². The van der Waals surface area contributed by atoms with Crippen molar-refractivity contribution < 1.29 is 0 Å². The summed E-state index contributed by atoms with van der Waals surface area (Å²) in [5.74, 6) is 6.08. The lowest BCUT2D eigenvalue weighted by Gasteiger charge is -2.22. The largest absolute Gasteiger partial charge is 0.364 e. The molecule has 1 rings (SSSR count). The van der Waals surface area contributed by atoms with Gasteiger partial charge in [-0.05, 0) is 19.7 Å². The molecule has 0 atom stereocenters. The minimum absolute atomic E-state index is 0.524. The molecule has 0 aromatic carbocycles. The van der Waals surface area contributed by atoms with E-state index in [0.29, 0.717) is 6.54 Å². The molecule has 0 bridgehead atoms. The molecule has 0 spiro atoms. The van der Waals surface area contributed by atoms with Gasteiger partial charge in [0.05, 0.1) is 13.1 Å². The first-order valence-electron chi connectivity index (χ1n) is 5.54. The molecule has 1 aliphatic rings. The van der Waals surface area contributed by atoms with Crippen LogP contribution in [0.2, 0.25) is 0 Å². The molecule has 0 aromatic heterocycles. The van der Waals surface area contributed by atoms with Gasteiger partial charge in [0.1, 0.15) is 0 Å². The lowest BCUT2D eigenvalue weighted by Crippen LogP contribution is -2.22. The van der Waals surface area contributed by atoms with E-state index < -0.39 is 0 Å². The highest BCUT2D eigenvalue weighted by atomic mass is 15.1. The molecule has 16 heavy (non-hydrogen) atoms. The van der Waals surface area contributed by atoms with Gasteiger partial charge in [0, 0.05) is 18.7 Å². The predicted octanol–water partition coefficient (Wildman–Crippen LogP) is 2.41. The van der Waals surface area contributed by atoms with E-state index in [1.807, 2.05) is 6.08 Å². The summed E-state index contributed by atoms with van der Waals surface area (Å²) in [5, 5.41) is 0. The standard InChI is InChI=1S/C14H18N2/c1-3-16(13-9-8-12-15-2)14-10-6-4-5-7-11-14/h4-7,10H,2-3,11-13H2,1H3. The molecule has 0 aromatic rings. The van der Waals surface area contributed by atoms with Crippen molar-refractivity contribution in [2.75, 3.05) is 19.6 Å². The lowest BCUT2D eigenvalue weighted by molar-refractivity contribution is 0.400. The summed E-state index contributed by atoms with van der Waals surface area (Å²) in [6.45, 7) is 7.81. The molecule has 0 fully saturated rings. The second-order valence-electron chi connectivity index (χ2n) is 3.42. The number of hydrogen-bond acceptors (Lipinski definition) is 2. The number of nitrogens with zero attached hydrogens (tertiary/aromatic N) is 2. The smallest absolute Gasteiger partial charge is 0.0990 e. The quantitative estimate of drug-likeness (QED) is 0.518. The third kappa shape index (κ3) is 4.18. The Bertz CT molecular complexity index is 364. The maximum absolute atomic E-state index is 3.71. The van der Waals surface area contributed by atoms with Gasteiger partial charge in [-0.3, -0.25) is 4.99 Å². The van der Waals surface area contributed by atoms with Crippen molar-refractivity contribution in [1.82, 2.24) is 4.90 Å². The zero-order valence-electron chi connectivity index (χ0n) is 9.82. The molecule has 1 aliphatic carbocycles. The van der Waals surface area contributed by atoms with Crippen LogP contribution in [0, 0.1) is 11.8 Å². The van der Waals surface area contributed by atoms with Gasteiger partial charge >= 0.3 is 0 Å². The van der Waals surface area contributed by atoms with Crippen LogP contribution in [0.3, 0.4) is 0 Å². The van der Waals surface area contributed by atoms with E-state index in [1.165, 1.54) is 5.70 Å². The Kier molecular flexibility index (Phi) is 5.80. The summed E-state index contributed by atoms with van der Waals surface area (Å²) in [4.78, 5) is 5.98. The number of aliphatic imine (C=N–C) groups is 1. The van der Waals surface area contributed by atoms with Crippen LogP contribution in [0.5, 0.6) is 0 Å². The van der Waals surface area contributed by atoms with Gasteiger partial charge in [-0.15, -0.1) is 0 Å². The van der Waals surface area contributed by atoms with Crippen molar-refractivity contribution in [3.8, 4) is 11.8 Å². The Labute approximate surface area is 98.1 Å². The number of allylic oxidation sites excluding steroid dienone is 5. The monoisotopic (exact) mass is 214 g/mol. The van der Waals surface area contributed by atoms with Gasteiger partial charge in [0.15, 0.2) is 0 Å². The van der Waals surface area contributed by atoms with E-state index in [1.54, 1.807) is 0 Å². The SMILES string of the molecule is C=NCC#CCN(CC)C1=CC=CC=CC1. The molecule has 0 saturated carbocycles. The topological polar surface area (TPSA) is 15.6 Å². The van der Waals surface area contributed by atoms with Gasteiger partial charge in [0.2, 0.25) is 0 Å². The van der Waals surface area contributed by atoms with Gasteiger partial charge in [0.25, 0.3) is 0 Å². The summed E-state index contributed by atoms with van der Waals surface area (Å²) < 4.78 is 0. The summed E-state index contributed by atoms with van der Waals surface area (Å²) in [5.41, 5.74) is 1.31. The van der Waals surface area contributed by atoms with Crippen molar-refractivity contribution in [2.24, 2.45) is 4.99 Å². The predicted molar refractivity (Wildman–Crippen MR) is 70.4 cm³/mol. The highest BCUT2D eigenvalue weighted by Gasteiger charge is 2.04. The van der Waals surface area contributed by atoms with Crippen molar-refractivity contribution in [2.45, 2.75) is 13.3 Å². The fourth-order valence-electron chi connectivity index (χ4n) is 1.48. The second kappa shape index (κ2) is 7.53. The molecule has 0 saturated heterocycles. The molecule has 0 N–H and O–H groups in total. The number of hydrogen-bond donors (Lipinski definition) is 0. The van der Waals surface area contributed by atoms with Crippen molar-refractivity contribution in [1.29, 1.82) is 0 Å². The third-order valence-corrected chi connectivity index (χ3v) is 2.35. The molecule has 0 heterocycles. The van der Waals surface area contributed by atoms with Crippen molar-refractivity contribution >= 4 is 6.72 Å². The molecule has 0 amide bonds. The average Bonchev–Trinajstić information content (AvgIpc) is 2.58. The Morgan fingerprint density at radius 3 is 3.00 bits per heavy atom. The molecule has 2 heteroatoms. The van der Waals surface area contributed by atoms with Crippen LogP contribution < -0.4 is 0 Å². The Morgan fingerprint density at radius 2 is 2.25 bits per heavy atom. The normalized spacial score (nSPS) is 13.4. The molecular weight excluding hydrogens is 196 g/mol. The van der Waals surface area contributed by atoms with Crippen LogP contribution in [0.1, 0.15) is 13.3 Å². The van der Waals surface area contributed by atoms with Crippen LogP contribution >= 0.6 is 0 Å². The maximum Gasteiger partial charge on any atom is 0.0990 e. The first-order chi connectivity index (χ1) is 7.88. The molecule has 2 nitrogen and oxygen atoms in total. The van der Waals surface area contributed by atoms with Crippen LogP contribution in [-0.2, 0) is 0 Å². The Morgan fingerprint density at radius 1 is 1.38 bits per heavy atom. The van der Waals surface area contributed by atoms with E-state index >= 15 is 0 Å². The molecule has 84 valence electrons. The zero-order valence-corrected chi connectivity index (χ0v) is 9.82. The van der Waals surface area contributed by atoms with Crippen LogP contribution in [-0.4, -0.2) is 31.3 Å². The van der Waals surface area contributed by atoms with E-state index in [2.05, 4.69) is 59.7 Å². The van der Waals surface area contributed by atoms with E-state index in [-0.39, 0.29) is 0 Å². The minimum Gasteiger partial charge on any atom is -0.364 e. The van der Waals surface area contributed by atoms with Crippen molar-refractivity contribution in [3.05, 3.63) is 36.1 Å². The van der Waals surface area contributed by atoms with Gasteiger partial charge in [-0.1, -0.05) is 36.1 Å². The summed E-state index contributed by atoms with van der Waals surface area (Å²) in [6.07, 6.45) is 11.5. The first kappa shape index (κ1) is 12.3. The molecule has 0 unspecified atom stereocenters. The minimum atomic E-state index is 0.524. The summed E-state index contributed by atoms with van der Waals surface area (Å²) >= 11 is 0. The Hall–Kier alpha value is -1.75. The fourth-order valence-corrected chi connectivity index (χ4v) is 1.48. The Balaban J connectivity index is 2.57. The van der Waals surface area contributed by atoms with Crippen LogP contribution in [0.4, 0.5) is 0 Å². The van der Waals surface area contributed by atoms with Gasteiger partial charge < -0.3 is 4.90 Å². The lowest BCUT2D eigenvalue weighted by atomic mass is 10.2. The first-order valence-corrected chi connectivity index (χ1v) is 5.54. The number of rotatable bonds is 4. The summed E-state index contributed by atoms with van der Waals surface area (Å²) in [7, 11) is 0. The third-order valence-electron chi connectivity index (χ3n) is 2.35. The highest BCUT2D eigenvalue weighted by molar-refractivity contribution is 5.25. The highest BCUT2D eigenvalue weighted by Crippen LogP contribution is 2.11. The molecular formula is C14H18N2. The van der Waals surface area contributed by atoms with Crippen LogP contribution in [0.15, 0.2) is 41.1 Å². The van der Waals surface area contributed by atoms with E-state index in [9.17, 15) is 0 Å². The van der Waals surface area contributed by atoms with Gasteiger partial charge in [-0.2, -0.15) is 0 Å².